The van der Waals surface area contributed by atoms with Gasteiger partial charge in [0.2, 0.25) is 0 Å². The van der Waals surface area contributed by atoms with Crippen LogP contribution in [0.1, 0.15) is 33.9 Å². The first-order chi connectivity index (χ1) is 17.6. The van der Waals surface area contributed by atoms with Crippen LogP contribution in [0.5, 0.6) is 17.2 Å². The molecule has 36 heavy (non-hydrogen) atoms. The van der Waals surface area contributed by atoms with Crippen molar-refractivity contribution in [1.82, 2.24) is 5.32 Å². The number of methoxy groups -OCH3 is 3. The molecule has 0 amide bonds. The Kier molecular flexibility index (Phi) is 8.46. The number of rotatable bonds is 10. The van der Waals surface area contributed by atoms with Gasteiger partial charge in [0.25, 0.3) is 0 Å². The average Bonchev–Trinajstić information content (AvgIpc) is 2.92. The van der Waals surface area contributed by atoms with Crippen LogP contribution in [0.25, 0.3) is 0 Å². The van der Waals surface area contributed by atoms with Crippen molar-refractivity contribution in [3.05, 3.63) is 88.5 Å². The van der Waals surface area contributed by atoms with Crippen molar-refractivity contribution >= 4 is 5.97 Å². The number of hydrogen-bond acceptors (Lipinski definition) is 7. The van der Waals surface area contributed by atoms with Crippen molar-refractivity contribution in [3.63, 3.8) is 0 Å². The highest BCUT2D eigenvalue weighted by Gasteiger charge is 2.38. The zero-order valence-electron chi connectivity index (χ0n) is 21.2. The van der Waals surface area contributed by atoms with Crippen LogP contribution in [-0.2, 0) is 33.9 Å². The summed E-state index contributed by atoms with van der Waals surface area (Å²) in [5.74, 6) is 1.57. The number of benzene rings is 3. The summed E-state index contributed by atoms with van der Waals surface area (Å²) in [5.41, 5.74) is 4.68. The maximum Gasteiger partial charge on any atom is 0.323 e. The summed E-state index contributed by atoms with van der Waals surface area (Å²) in [4.78, 5) is 12.6. The van der Waals surface area contributed by atoms with Crippen LogP contribution in [0, 0.1) is 6.92 Å². The molecule has 2 atom stereocenters. The van der Waals surface area contributed by atoms with E-state index in [1.807, 2.05) is 67.6 Å². The van der Waals surface area contributed by atoms with Crippen LogP contribution < -0.4 is 19.5 Å². The predicted molar refractivity (Wildman–Crippen MR) is 137 cm³/mol. The van der Waals surface area contributed by atoms with Gasteiger partial charge in [0.1, 0.15) is 18.4 Å². The molecular weight excluding hydrogens is 458 g/mol. The van der Waals surface area contributed by atoms with E-state index in [1.54, 1.807) is 14.2 Å². The lowest BCUT2D eigenvalue weighted by Gasteiger charge is -2.35. The highest BCUT2D eigenvalue weighted by Crippen LogP contribution is 2.48. The third kappa shape index (κ3) is 5.48. The molecule has 3 aromatic rings. The molecule has 0 unspecified atom stereocenters. The van der Waals surface area contributed by atoms with Crippen molar-refractivity contribution in [2.75, 3.05) is 27.9 Å². The number of carbonyl (C=O) groups is 1. The summed E-state index contributed by atoms with van der Waals surface area (Å²) in [6, 6.07) is 19.0. The highest BCUT2D eigenvalue weighted by atomic mass is 16.5. The van der Waals surface area contributed by atoms with Gasteiger partial charge >= 0.3 is 5.97 Å². The SMILES string of the molecule is COC(=O)[C@@H]1Cc2c(OC)c(C)c(OC)c(OCc3ccccc3)c2[C@H](COCc2ccccc2)N1. The molecule has 190 valence electrons. The van der Waals surface area contributed by atoms with Gasteiger partial charge in [-0.05, 0) is 18.1 Å². The molecule has 7 nitrogen and oxygen atoms in total. The van der Waals surface area contributed by atoms with Gasteiger partial charge in [0.05, 0.1) is 40.6 Å². The Bertz CT molecular complexity index is 1170. The van der Waals surface area contributed by atoms with E-state index in [4.69, 9.17) is 23.7 Å². The Balaban J connectivity index is 1.74. The highest BCUT2D eigenvalue weighted by molar-refractivity contribution is 5.78. The monoisotopic (exact) mass is 491 g/mol. The predicted octanol–water partition coefficient (Wildman–Crippen LogP) is 4.54. The molecule has 4 rings (SSSR count). The third-order valence-corrected chi connectivity index (χ3v) is 6.41. The molecule has 1 aliphatic heterocycles. The Morgan fingerprint density at radius 2 is 1.47 bits per heavy atom. The minimum atomic E-state index is -0.545. The van der Waals surface area contributed by atoms with Crippen molar-refractivity contribution in [3.8, 4) is 17.2 Å². The smallest absolute Gasteiger partial charge is 0.323 e. The molecule has 1 heterocycles. The fourth-order valence-electron chi connectivity index (χ4n) is 4.73. The molecule has 0 aromatic heterocycles. The van der Waals surface area contributed by atoms with Crippen LogP contribution in [0.2, 0.25) is 0 Å². The summed E-state index contributed by atoms with van der Waals surface area (Å²) in [5, 5.41) is 3.42. The normalized spacial score (nSPS) is 16.7. The molecule has 3 aromatic carbocycles. The third-order valence-electron chi connectivity index (χ3n) is 6.41. The minimum absolute atomic E-state index is 0.312. The van der Waals surface area contributed by atoms with Crippen LogP contribution in [0.3, 0.4) is 0 Å². The lowest BCUT2D eigenvalue weighted by Crippen LogP contribution is -2.47. The molecule has 0 fully saturated rings. The maximum atomic E-state index is 12.6. The van der Waals surface area contributed by atoms with E-state index in [-0.39, 0.29) is 12.0 Å². The van der Waals surface area contributed by atoms with E-state index in [1.165, 1.54) is 7.11 Å². The lowest BCUT2D eigenvalue weighted by atomic mass is 9.86. The van der Waals surface area contributed by atoms with Crippen LogP contribution >= 0.6 is 0 Å². The number of hydrogen-bond donors (Lipinski definition) is 1. The first-order valence-electron chi connectivity index (χ1n) is 12.0. The summed E-state index contributed by atoms with van der Waals surface area (Å²) in [7, 11) is 4.64. The summed E-state index contributed by atoms with van der Waals surface area (Å²) < 4.78 is 29.3. The molecule has 0 aliphatic carbocycles. The molecule has 1 N–H and O–H groups in total. The Labute approximate surface area is 212 Å². The van der Waals surface area contributed by atoms with Gasteiger partial charge in [0.15, 0.2) is 11.5 Å². The molecular formula is C29H33NO6. The molecule has 0 bridgehead atoms. The van der Waals surface area contributed by atoms with Crippen LogP contribution in [-0.4, -0.2) is 39.9 Å². The summed E-state index contributed by atoms with van der Waals surface area (Å²) in [6.07, 6.45) is 0.396. The molecule has 1 aliphatic rings. The van der Waals surface area contributed by atoms with E-state index in [2.05, 4.69) is 5.32 Å². The van der Waals surface area contributed by atoms with Crippen molar-refractivity contribution in [1.29, 1.82) is 0 Å². The number of ether oxygens (including phenoxy) is 5. The fraction of sp³-hybridized carbons (Fsp3) is 0.345. The van der Waals surface area contributed by atoms with Gasteiger partial charge in [-0.1, -0.05) is 60.7 Å². The van der Waals surface area contributed by atoms with Gasteiger partial charge in [-0.3, -0.25) is 10.1 Å². The molecule has 0 radical (unpaired) electrons. The summed E-state index contributed by atoms with van der Waals surface area (Å²) in [6.45, 7) is 3.06. The van der Waals surface area contributed by atoms with Gasteiger partial charge in [0, 0.05) is 23.1 Å². The van der Waals surface area contributed by atoms with Crippen molar-refractivity contribution in [2.24, 2.45) is 0 Å². The van der Waals surface area contributed by atoms with E-state index >= 15 is 0 Å². The van der Waals surface area contributed by atoms with Crippen molar-refractivity contribution < 1.29 is 28.5 Å². The number of nitrogens with one attached hydrogen (secondary N) is 1. The lowest BCUT2D eigenvalue weighted by molar-refractivity contribution is -0.143. The molecule has 7 heteroatoms. The van der Waals surface area contributed by atoms with Crippen LogP contribution in [0.4, 0.5) is 0 Å². The van der Waals surface area contributed by atoms with E-state index < -0.39 is 6.04 Å². The van der Waals surface area contributed by atoms with Gasteiger partial charge in [-0.15, -0.1) is 0 Å². The molecule has 0 spiro atoms. The van der Waals surface area contributed by atoms with Gasteiger partial charge < -0.3 is 23.7 Å². The average molecular weight is 492 g/mol. The van der Waals surface area contributed by atoms with Gasteiger partial charge in [-0.25, -0.2) is 0 Å². The maximum absolute atomic E-state index is 12.6. The van der Waals surface area contributed by atoms with Crippen LogP contribution in [0.15, 0.2) is 60.7 Å². The fourth-order valence-corrected chi connectivity index (χ4v) is 4.73. The second-order valence-corrected chi connectivity index (χ2v) is 8.69. The largest absolute Gasteiger partial charge is 0.496 e. The zero-order valence-corrected chi connectivity index (χ0v) is 21.2. The second-order valence-electron chi connectivity index (χ2n) is 8.69. The van der Waals surface area contributed by atoms with E-state index in [0.29, 0.717) is 43.5 Å². The molecule has 0 saturated carbocycles. The van der Waals surface area contributed by atoms with E-state index in [0.717, 1.165) is 27.8 Å². The topological polar surface area (TPSA) is 75.3 Å². The molecule has 0 saturated heterocycles. The van der Waals surface area contributed by atoms with Gasteiger partial charge in [-0.2, -0.15) is 0 Å². The van der Waals surface area contributed by atoms with E-state index in [9.17, 15) is 4.79 Å². The summed E-state index contributed by atoms with van der Waals surface area (Å²) >= 11 is 0. The second kappa shape index (κ2) is 11.9. The first-order valence-corrected chi connectivity index (χ1v) is 12.0. The Morgan fingerprint density at radius 3 is 2.06 bits per heavy atom. The number of fused-ring (bicyclic) bond motifs is 1. The number of carbonyl (C=O) groups excluding carboxylic acids is 1. The zero-order chi connectivity index (χ0) is 25.5. The minimum Gasteiger partial charge on any atom is -0.496 e. The quantitative estimate of drug-likeness (QED) is 0.418. The first kappa shape index (κ1) is 25.5. The van der Waals surface area contributed by atoms with Crippen molar-refractivity contribution in [2.45, 2.75) is 38.6 Å². The Hall–Kier alpha value is -3.55. The Morgan fingerprint density at radius 1 is 0.861 bits per heavy atom. The standard InChI is InChI=1S/C29H33NO6/c1-19-26(32-2)22-15-23(29(31)34-4)30-24(18-35-16-20-11-7-5-8-12-20)25(22)28(27(19)33-3)36-17-21-13-9-6-10-14-21/h5-14,23-24,30H,15-18H2,1-4H3/t23-,24-/m0/s1. The number of esters is 1.